The highest BCUT2D eigenvalue weighted by molar-refractivity contribution is 5.56. The molecule has 2 nitrogen and oxygen atoms in total. The van der Waals surface area contributed by atoms with Gasteiger partial charge in [-0.15, -0.1) is 0 Å². The van der Waals surface area contributed by atoms with Gasteiger partial charge >= 0.3 is 0 Å². The van der Waals surface area contributed by atoms with Gasteiger partial charge in [-0.1, -0.05) is 23.8 Å². The van der Waals surface area contributed by atoms with Crippen LogP contribution in [0.5, 0.6) is 0 Å². The van der Waals surface area contributed by atoms with Crippen molar-refractivity contribution in [3.8, 4) is 11.4 Å². The largest absolute Gasteiger partial charge is 0.331 e. The average Bonchev–Trinajstić information content (AvgIpc) is 2.65. The number of benzene rings is 1. The van der Waals surface area contributed by atoms with Crippen molar-refractivity contribution in [1.29, 1.82) is 0 Å². The molecule has 14 heavy (non-hydrogen) atoms. The minimum atomic E-state index is 0.962. The highest BCUT2D eigenvalue weighted by Gasteiger charge is 2.03. The Morgan fingerprint density at radius 2 is 2.21 bits per heavy atom. The molecule has 0 radical (unpaired) electrons. The lowest BCUT2D eigenvalue weighted by molar-refractivity contribution is 0.771. The summed E-state index contributed by atoms with van der Waals surface area (Å²) in [5, 5.41) is 0. The molecule has 0 amide bonds. The lowest BCUT2D eigenvalue weighted by Gasteiger charge is -2.04. The highest BCUT2D eigenvalue weighted by Crippen LogP contribution is 2.18. The molecule has 1 aromatic carbocycles. The first-order chi connectivity index (χ1) is 6.81. The second kappa shape index (κ2) is 3.66. The molecule has 0 saturated carbocycles. The first-order valence-corrected chi connectivity index (χ1v) is 4.89. The monoisotopic (exact) mass is 186 g/mol. The van der Waals surface area contributed by atoms with Gasteiger partial charge in [-0.25, -0.2) is 4.98 Å². The van der Waals surface area contributed by atoms with Crippen molar-refractivity contribution in [3.05, 3.63) is 42.2 Å². The zero-order chi connectivity index (χ0) is 9.97. The molecule has 0 N–H and O–H groups in total. The summed E-state index contributed by atoms with van der Waals surface area (Å²) < 4.78 is 2.15. The number of aryl methyl sites for hydroxylation is 2. The summed E-state index contributed by atoms with van der Waals surface area (Å²) in [7, 11) is 0. The summed E-state index contributed by atoms with van der Waals surface area (Å²) in [5.74, 6) is 1.05. The van der Waals surface area contributed by atoms with E-state index in [9.17, 15) is 0 Å². The zero-order valence-corrected chi connectivity index (χ0v) is 8.57. The smallest absolute Gasteiger partial charge is 0.139 e. The summed E-state index contributed by atoms with van der Waals surface area (Å²) in [4.78, 5) is 4.36. The third-order valence-corrected chi connectivity index (χ3v) is 2.33. The van der Waals surface area contributed by atoms with Crippen LogP contribution in [-0.2, 0) is 6.54 Å². The van der Waals surface area contributed by atoms with Gasteiger partial charge in [0.25, 0.3) is 0 Å². The Bertz CT molecular complexity index is 429. The Hall–Kier alpha value is -1.57. The minimum absolute atomic E-state index is 0.962. The molecular formula is C12H14N2. The second-order valence-electron chi connectivity index (χ2n) is 3.41. The maximum atomic E-state index is 4.36. The van der Waals surface area contributed by atoms with Crippen molar-refractivity contribution >= 4 is 0 Å². The minimum Gasteiger partial charge on any atom is -0.331 e. The van der Waals surface area contributed by atoms with Gasteiger partial charge in [0.15, 0.2) is 0 Å². The Morgan fingerprint density at radius 1 is 1.36 bits per heavy atom. The molecule has 1 heterocycles. The van der Waals surface area contributed by atoms with E-state index in [4.69, 9.17) is 0 Å². The van der Waals surface area contributed by atoms with Gasteiger partial charge in [0.05, 0.1) is 0 Å². The van der Waals surface area contributed by atoms with E-state index in [1.807, 2.05) is 12.4 Å². The van der Waals surface area contributed by atoms with Gasteiger partial charge in [0, 0.05) is 24.5 Å². The Morgan fingerprint density at radius 3 is 2.93 bits per heavy atom. The number of imidazole rings is 1. The summed E-state index contributed by atoms with van der Waals surface area (Å²) >= 11 is 0. The number of rotatable bonds is 2. The van der Waals surface area contributed by atoms with E-state index in [1.165, 1.54) is 11.1 Å². The van der Waals surface area contributed by atoms with Crippen LogP contribution in [0.1, 0.15) is 12.5 Å². The molecule has 0 saturated heterocycles. The molecule has 0 spiro atoms. The van der Waals surface area contributed by atoms with E-state index in [-0.39, 0.29) is 0 Å². The Balaban J connectivity index is 2.49. The van der Waals surface area contributed by atoms with Gasteiger partial charge in [-0.3, -0.25) is 0 Å². The van der Waals surface area contributed by atoms with E-state index < -0.39 is 0 Å². The van der Waals surface area contributed by atoms with Crippen molar-refractivity contribution in [2.45, 2.75) is 20.4 Å². The predicted molar refractivity (Wildman–Crippen MR) is 58.1 cm³/mol. The van der Waals surface area contributed by atoms with Crippen LogP contribution < -0.4 is 0 Å². The molecule has 2 rings (SSSR count). The van der Waals surface area contributed by atoms with Crippen LogP contribution in [-0.4, -0.2) is 9.55 Å². The van der Waals surface area contributed by atoms with Gasteiger partial charge < -0.3 is 4.57 Å². The van der Waals surface area contributed by atoms with E-state index in [0.29, 0.717) is 0 Å². The third kappa shape index (κ3) is 1.55. The maximum absolute atomic E-state index is 4.36. The molecule has 0 atom stereocenters. The number of hydrogen-bond acceptors (Lipinski definition) is 1. The van der Waals surface area contributed by atoms with Crippen molar-refractivity contribution < 1.29 is 0 Å². The topological polar surface area (TPSA) is 17.8 Å². The second-order valence-corrected chi connectivity index (χ2v) is 3.41. The molecule has 72 valence electrons. The molecule has 0 aliphatic rings. The SMILES string of the molecule is CCn1ccnc1-c1cccc(C)c1. The first kappa shape index (κ1) is 9.00. The van der Waals surface area contributed by atoms with Gasteiger partial charge in [-0.2, -0.15) is 0 Å². The zero-order valence-electron chi connectivity index (χ0n) is 8.57. The van der Waals surface area contributed by atoms with Gasteiger partial charge in [-0.05, 0) is 19.9 Å². The van der Waals surface area contributed by atoms with E-state index >= 15 is 0 Å². The van der Waals surface area contributed by atoms with Crippen LogP contribution in [0.4, 0.5) is 0 Å². The summed E-state index contributed by atoms with van der Waals surface area (Å²) in [5.41, 5.74) is 2.46. The fourth-order valence-corrected chi connectivity index (χ4v) is 1.61. The van der Waals surface area contributed by atoms with Crippen LogP contribution in [0.15, 0.2) is 36.7 Å². The van der Waals surface area contributed by atoms with Gasteiger partial charge in [0.1, 0.15) is 5.82 Å². The van der Waals surface area contributed by atoms with E-state index in [2.05, 4.69) is 47.7 Å². The van der Waals surface area contributed by atoms with E-state index in [1.54, 1.807) is 0 Å². The Labute approximate surface area is 84.2 Å². The lowest BCUT2D eigenvalue weighted by Crippen LogP contribution is -1.95. The number of hydrogen-bond donors (Lipinski definition) is 0. The molecule has 0 fully saturated rings. The fourth-order valence-electron chi connectivity index (χ4n) is 1.61. The summed E-state index contributed by atoms with van der Waals surface area (Å²) in [6.07, 6.45) is 3.86. The molecule has 2 aromatic rings. The standard InChI is InChI=1S/C12H14N2/c1-3-14-8-7-13-12(14)11-6-4-5-10(2)9-11/h4-9H,3H2,1-2H3. The molecule has 1 aromatic heterocycles. The predicted octanol–water partition coefficient (Wildman–Crippen LogP) is 2.88. The van der Waals surface area contributed by atoms with E-state index in [0.717, 1.165) is 12.4 Å². The van der Waals surface area contributed by atoms with Crippen molar-refractivity contribution in [2.75, 3.05) is 0 Å². The fraction of sp³-hybridized carbons (Fsp3) is 0.250. The molecule has 0 unspecified atom stereocenters. The molecule has 2 heteroatoms. The number of nitrogens with zero attached hydrogens (tertiary/aromatic N) is 2. The first-order valence-electron chi connectivity index (χ1n) is 4.89. The van der Waals surface area contributed by atoms with Crippen LogP contribution >= 0.6 is 0 Å². The van der Waals surface area contributed by atoms with Crippen molar-refractivity contribution in [3.63, 3.8) is 0 Å². The van der Waals surface area contributed by atoms with Crippen molar-refractivity contribution in [2.24, 2.45) is 0 Å². The van der Waals surface area contributed by atoms with Gasteiger partial charge in [0.2, 0.25) is 0 Å². The van der Waals surface area contributed by atoms with Crippen LogP contribution in [0, 0.1) is 6.92 Å². The molecular weight excluding hydrogens is 172 g/mol. The maximum Gasteiger partial charge on any atom is 0.139 e. The normalized spacial score (nSPS) is 10.4. The summed E-state index contributed by atoms with van der Waals surface area (Å²) in [6, 6.07) is 8.43. The van der Waals surface area contributed by atoms with Crippen LogP contribution in [0.3, 0.4) is 0 Å². The molecule has 0 aliphatic heterocycles. The Kier molecular flexibility index (Phi) is 2.35. The van der Waals surface area contributed by atoms with Crippen molar-refractivity contribution in [1.82, 2.24) is 9.55 Å². The average molecular weight is 186 g/mol. The van der Waals surface area contributed by atoms with Crippen LogP contribution in [0.25, 0.3) is 11.4 Å². The summed E-state index contributed by atoms with van der Waals surface area (Å²) in [6.45, 7) is 5.19. The van der Waals surface area contributed by atoms with Crippen LogP contribution in [0.2, 0.25) is 0 Å². The number of aromatic nitrogens is 2. The molecule has 0 bridgehead atoms. The lowest BCUT2D eigenvalue weighted by atomic mass is 10.1. The quantitative estimate of drug-likeness (QED) is 0.705. The molecule has 0 aliphatic carbocycles. The highest BCUT2D eigenvalue weighted by atomic mass is 15.0. The third-order valence-electron chi connectivity index (χ3n) is 2.33.